The molecular formula is C31H45N7O3. The fourth-order valence-corrected chi connectivity index (χ4v) is 6.42. The van der Waals surface area contributed by atoms with Crippen LogP contribution in [0.25, 0.3) is 0 Å². The molecule has 10 nitrogen and oxygen atoms in total. The molecule has 1 aromatic carbocycles. The van der Waals surface area contributed by atoms with Crippen molar-refractivity contribution in [2.45, 2.75) is 95.7 Å². The number of carbonyl (C=O) groups excluding carboxylic acids is 2. The van der Waals surface area contributed by atoms with Gasteiger partial charge in [-0.25, -0.2) is 14.8 Å². The van der Waals surface area contributed by atoms with E-state index in [0.29, 0.717) is 24.1 Å². The number of aromatic nitrogens is 2. The Labute approximate surface area is 243 Å². The molecule has 10 heteroatoms. The number of benzene rings is 1. The molecular weight excluding hydrogens is 518 g/mol. The number of amides is 2. The number of anilines is 3. The van der Waals surface area contributed by atoms with Gasteiger partial charge in [0.25, 0.3) is 5.91 Å². The Balaban J connectivity index is 1.22. The molecule has 1 saturated carbocycles. The number of ether oxygens (including phenoxy) is 1. The van der Waals surface area contributed by atoms with Crippen molar-refractivity contribution in [1.29, 1.82) is 0 Å². The Kier molecular flexibility index (Phi) is 8.97. The molecule has 0 spiro atoms. The third-order valence-corrected chi connectivity index (χ3v) is 8.47. The normalized spacial score (nSPS) is 21.0. The summed E-state index contributed by atoms with van der Waals surface area (Å²) in [5.74, 6) is 0.890. The molecule has 2 aromatic rings. The minimum absolute atomic E-state index is 0.0785. The van der Waals surface area contributed by atoms with E-state index in [4.69, 9.17) is 15.5 Å². The average Bonchev–Trinajstić information content (AvgIpc) is 3.48. The number of alkyl carbamates (subject to hydrolysis) is 1. The summed E-state index contributed by atoms with van der Waals surface area (Å²) in [5.41, 5.74) is 7.36. The van der Waals surface area contributed by atoms with Gasteiger partial charge in [-0.3, -0.25) is 4.79 Å². The van der Waals surface area contributed by atoms with Crippen LogP contribution < -0.4 is 21.3 Å². The minimum Gasteiger partial charge on any atom is -0.444 e. The molecule has 2 saturated heterocycles. The number of rotatable bonds is 7. The number of hydrogen-bond acceptors (Lipinski definition) is 8. The average molecular weight is 564 g/mol. The number of nitrogens with zero attached hydrogens (tertiary/aromatic N) is 4. The van der Waals surface area contributed by atoms with Crippen molar-refractivity contribution in [1.82, 2.24) is 20.2 Å². The summed E-state index contributed by atoms with van der Waals surface area (Å²) < 4.78 is 5.42. The molecule has 2 amide bonds. The van der Waals surface area contributed by atoms with Gasteiger partial charge in [0.1, 0.15) is 11.4 Å². The van der Waals surface area contributed by atoms with E-state index in [9.17, 15) is 9.59 Å². The molecule has 41 heavy (non-hydrogen) atoms. The van der Waals surface area contributed by atoms with Gasteiger partial charge >= 0.3 is 6.09 Å². The second-order valence-corrected chi connectivity index (χ2v) is 12.7. The van der Waals surface area contributed by atoms with E-state index in [1.165, 1.54) is 57.2 Å². The van der Waals surface area contributed by atoms with Crippen LogP contribution in [0.1, 0.15) is 94.1 Å². The number of likely N-dealkylation sites (tertiary alicyclic amines) is 1. The Morgan fingerprint density at radius 3 is 2.34 bits per heavy atom. The van der Waals surface area contributed by atoms with Crippen molar-refractivity contribution in [3.8, 4) is 0 Å². The Morgan fingerprint density at radius 1 is 0.976 bits per heavy atom. The highest BCUT2D eigenvalue weighted by atomic mass is 16.6. The summed E-state index contributed by atoms with van der Waals surface area (Å²) in [5, 5.41) is 6.24. The summed E-state index contributed by atoms with van der Waals surface area (Å²) in [6.45, 7) is 9.24. The molecule has 2 aliphatic heterocycles. The van der Waals surface area contributed by atoms with E-state index in [-0.39, 0.29) is 11.7 Å². The lowest BCUT2D eigenvalue weighted by Crippen LogP contribution is -2.49. The molecule has 1 atom stereocenters. The predicted molar refractivity (Wildman–Crippen MR) is 161 cm³/mol. The number of piperidine rings is 2. The lowest BCUT2D eigenvalue weighted by Gasteiger charge is -2.36. The lowest BCUT2D eigenvalue weighted by molar-refractivity contribution is 0.0499. The summed E-state index contributed by atoms with van der Waals surface area (Å²) >= 11 is 0. The lowest BCUT2D eigenvalue weighted by atomic mass is 9.88. The van der Waals surface area contributed by atoms with E-state index >= 15 is 0 Å². The standard InChI is InChI=1S/C31H45N7O3/c1-31(2,3)41-30(40)35-24-7-6-16-38(20-24)26-19-33-27(28(32)39)29(36-26)34-23-12-10-21(11-13-23)22-14-17-37(18-15-22)25-8-4-5-9-25/h10-13,19,22,24-25H,4-9,14-18,20H2,1-3H3,(H2,32,39)(H,34,36)(H,35,40)/t24-/m1/s1. The maximum Gasteiger partial charge on any atom is 0.407 e. The van der Waals surface area contributed by atoms with E-state index in [0.717, 1.165) is 31.1 Å². The highest BCUT2D eigenvalue weighted by Crippen LogP contribution is 2.33. The fraction of sp³-hybridized carbons (Fsp3) is 0.613. The fourth-order valence-electron chi connectivity index (χ4n) is 6.42. The quantitative estimate of drug-likeness (QED) is 0.433. The first-order chi connectivity index (χ1) is 19.6. The Morgan fingerprint density at radius 2 is 1.68 bits per heavy atom. The molecule has 1 aromatic heterocycles. The van der Waals surface area contributed by atoms with Crippen molar-refractivity contribution in [3.05, 3.63) is 41.7 Å². The molecule has 0 bridgehead atoms. The molecule has 1 aliphatic carbocycles. The van der Waals surface area contributed by atoms with Crippen LogP contribution in [0.2, 0.25) is 0 Å². The maximum absolute atomic E-state index is 12.3. The summed E-state index contributed by atoms with van der Waals surface area (Å²) in [6.07, 6.45) is 10.8. The summed E-state index contributed by atoms with van der Waals surface area (Å²) in [6, 6.07) is 9.16. The molecule has 4 N–H and O–H groups in total. The number of nitrogens with one attached hydrogen (secondary N) is 2. The van der Waals surface area contributed by atoms with Gasteiger partial charge in [0.15, 0.2) is 11.5 Å². The van der Waals surface area contributed by atoms with Crippen molar-refractivity contribution in [2.75, 3.05) is 36.4 Å². The molecule has 222 valence electrons. The number of carbonyl (C=O) groups is 2. The van der Waals surface area contributed by atoms with E-state index in [1.54, 1.807) is 6.20 Å². The molecule has 3 aliphatic rings. The van der Waals surface area contributed by atoms with Crippen LogP contribution in [0.3, 0.4) is 0 Å². The summed E-state index contributed by atoms with van der Waals surface area (Å²) in [7, 11) is 0. The zero-order valence-electron chi connectivity index (χ0n) is 24.7. The van der Waals surface area contributed by atoms with Crippen LogP contribution in [0.5, 0.6) is 0 Å². The van der Waals surface area contributed by atoms with Gasteiger partial charge in [-0.05, 0) is 96.0 Å². The third kappa shape index (κ3) is 7.67. The smallest absolute Gasteiger partial charge is 0.407 e. The predicted octanol–water partition coefficient (Wildman–Crippen LogP) is 4.93. The van der Waals surface area contributed by atoms with Crippen molar-refractivity contribution in [2.24, 2.45) is 5.73 Å². The van der Waals surface area contributed by atoms with Crippen LogP contribution in [-0.4, -0.2) is 70.7 Å². The SMILES string of the molecule is CC(C)(C)OC(=O)N[C@@H]1CCCN(c2cnc(C(N)=O)c(Nc3ccc(C4CCN(C5CCCC5)CC4)cc3)n2)C1. The minimum atomic E-state index is -0.639. The van der Waals surface area contributed by atoms with Gasteiger partial charge < -0.3 is 30.9 Å². The van der Waals surface area contributed by atoms with Crippen LogP contribution in [0.15, 0.2) is 30.5 Å². The van der Waals surface area contributed by atoms with Crippen molar-refractivity contribution in [3.63, 3.8) is 0 Å². The number of primary amides is 1. The van der Waals surface area contributed by atoms with Gasteiger partial charge in [0.05, 0.1) is 6.20 Å². The zero-order chi connectivity index (χ0) is 29.0. The highest BCUT2D eigenvalue weighted by molar-refractivity contribution is 5.96. The van der Waals surface area contributed by atoms with E-state index < -0.39 is 17.6 Å². The summed E-state index contributed by atoms with van der Waals surface area (Å²) in [4.78, 5) is 38.3. The van der Waals surface area contributed by atoms with Gasteiger partial charge in [0, 0.05) is 30.9 Å². The van der Waals surface area contributed by atoms with Crippen LogP contribution >= 0.6 is 0 Å². The zero-order valence-corrected chi connectivity index (χ0v) is 24.7. The third-order valence-electron chi connectivity index (χ3n) is 8.47. The monoisotopic (exact) mass is 563 g/mol. The molecule has 0 unspecified atom stereocenters. The van der Waals surface area contributed by atoms with Gasteiger partial charge in [-0.2, -0.15) is 0 Å². The Bertz CT molecular complexity index is 1200. The van der Waals surface area contributed by atoms with Crippen molar-refractivity contribution >= 4 is 29.3 Å². The van der Waals surface area contributed by atoms with Crippen LogP contribution in [0.4, 0.5) is 22.1 Å². The van der Waals surface area contributed by atoms with E-state index in [2.05, 4.69) is 37.6 Å². The van der Waals surface area contributed by atoms with Crippen LogP contribution in [0, 0.1) is 0 Å². The molecule has 3 heterocycles. The Hall–Kier alpha value is -3.40. The largest absolute Gasteiger partial charge is 0.444 e. The first-order valence-electron chi connectivity index (χ1n) is 15.2. The first kappa shape index (κ1) is 29.1. The maximum atomic E-state index is 12.3. The topological polar surface area (TPSA) is 126 Å². The van der Waals surface area contributed by atoms with Gasteiger partial charge in [-0.1, -0.05) is 25.0 Å². The number of nitrogens with two attached hydrogens (primary N) is 1. The van der Waals surface area contributed by atoms with Crippen molar-refractivity contribution < 1.29 is 14.3 Å². The second-order valence-electron chi connectivity index (χ2n) is 12.7. The first-order valence-corrected chi connectivity index (χ1v) is 15.2. The molecule has 5 rings (SSSR count). The van der Waals surface area contributed by atoms with Crippen LogP contribution in [-0.2, 0) is 4.74 Å². The molecule has 3 fully saturated rings. The highest BCUT2D eigenvalue weighted by Gasteiger charge is 2.28. The number of hydrogen-bond donors (Lipinski definition) is 3. The van der Waals surface area contributed by atoms with Gasteiger partial charge in [-0.15, -0.1) is 0 Å². The van der Waals surface area contributed by atoms with E-state index in [1.807, 2.05) is 32.9 Å². The van der Waals surface area contributed by atoms with Gasteiger partial charge in [0.2, 0.25) is 0 Å². The second kappa shape index (κ2) is 12.6. The molecule has 0 radical (unpaired) electrons.